The fraction of sp³-hybridized carbons (Fsp3) is 0.300. The number of halogens is 2. The van der Waals surface area contributed by atoms with E-state index in [2.05, 4.69) is 31.5 Å². The summed E-state index contributed by atoms with van der Waals surface area (Å²) in [5.41, 5.74) is 7.19. The Morgan fingerprint density at radius 2 is 2.18 bits per heavy atom. The van der Waals surface area contributed by atoms with E-state index in [1.54, 1.807) is 13.0 Å². The lowest BCUT2D eigenvalue weighted by atomic mass is 10.2. The average Bonchev–Trinajstić information content (AvgIpc) is 2.72. The quantitative estimate of drug-likeness (QED) is 0.919. The standard InChI is InChI=1S/C10H11BrFN5/c1-5-3-7(11)8(12)4-9(5)17-10(6(2)13)14-15-16-17/h3-4,6H,13H2,1-2H3. The molecule has 7 heteroatoms. The molecule has 1 aromatic carbocycles. The number of nitrogens with two attached hydrogens (primary N) is 1. The van der Waals surface area contributed by atoms with Crippen LogP contribution in [0.25, 0.3) is 5.69 Å². The minimum atomic E-state index is -0.364. The van der Waals surface area contributed by atoms with Crippen LogP contribution in [0.4, 0.5) is 4.39 Å². The number of benzene rings is 1. The van der Waals surface area contributed by atoms with E-state index in [-0.39, 0.29) is 11.9 Å². The number of hydrogen-bond donors (Lipinski definition) is 1. The molecule has 0 amide bonds. The van der Waals surface area contributed by atoms with Crippen LogP contribution < -0.4 is 5.73 Å². The Hall–Kier alpha value is -1.34. The molecule has 0 spiro atoms. The van der Waals surface area contributed by atoms with Crippen LogP contribution in [0.2, 0.25) is 0 Å². The van der Waals surface area contributed by atoms with Crippen LogP contribution >= 0.6 is 15.9 Å². The van der Waals surface area contributed by atoms with Gasteiger partial charge in [0.2, 0.25) is 0 Å². The second-order valence-electron chi connectivity index (χ2n) is 3.79. The van der Waals surface area contributed by atoms with Crippen molar-refractivity contribution in [3.05, 3.63) is 33.8 Å². The number of tetrazole rings is 1. The van der Waals surface area contributed by atoms with Crippen molar-refractivity contribution in [2.45, 2.75) is 19.9 Å². The molecule has 1 unspecified atom stereocenters. The Morgan fingerprint density at radius 1 is 1.47 bits per heavy atom. The summed E-state index contributed by atoms with van der Waals surface area (Å²) < 4.78 is 15.4. The molecule has 1 aromatic heterocycles. The van der Waals surface area contributed by atoms with Gasteiger partial charge in [0.05, 0.1) is 16.2 Å². The summed E-state index contributed by atoms with van der Waals surface area (Å²) >= 11 is 3.13. The summed E-state index contributed by atoms with van der Waals surface area (Å²) in [4.78, 5) is 0. The van der Waals surface area contributed by atoms with Crippen molar-refractivity contribution in [3.8, 4) is 5.69 Å². The summed E-state index contributed by atoms with van der Waals surface area (Å²) in [5, 5.41) is 11.2. The van der Waals surface area contributed by atoms with Crippen LogP contribution in [-0.4, -0.2) is 20.2 Å². The molecule has 0 aliphatic rings. The number of aryl methyl sites for hydroxylation is 1. The van der Waals surface area contributed by atoms with E-state index in [0.29, 0.717) is 16.0 Å². The third-order valence-corrected chi connectivity index (χ3v) is 2.98. The zero-order chi connectivity index (χ0) is 12.6. The zero-order valence-electron chi connectivity index (χ0n) is 9.35. The highest BCUT2D eigenvalue weighted by molar-refractivity contribution is 9.10. The Morgan fingerprint density at radius 3 is 2.82 bits per heavy atom. The lowest BCUT2D eigenvalue weighted by molar-refractivity contribution is 0.614. The van der Waals surface area contributed by atoms with Crippen molar-refractivity contribution in [1.82, 2.24) is 20.2 Å². The van der Waals surface area contributed by atoms with Gasteiger partial charge < -0.3 is 5.73 Å². The fourth-order valence-corrected chi connectivity index (χ4v) is 1.97. The maximum Gasteiger partial charge on any atom is 0.173 e. The maximum absolute atomic E-state index is 13.5. The molecule has 0 fully saturated rings. The van der Waals surface area contributed by atoms with Crippen molar-refractivity contribution in [2.75, 3.05) is 0 Å². The van der Waals surface area contributed by atoms with Crippen molar-refractivity contribution < 1.29 is 4.39 Å². The van der Waals surface area contributed by atoms with Crippen molar-refractivity contribution in [1.29, 1.82) is 0 Å². The van der Waals surface area contributed by atoms with Gasteiger partial charge >= 0.3 is 0 Å². The molecule has 5 nitrogen and oxygen atoms in total. The SMILES string of the molecule is Cc1cc(Br)c(F)cc1-n1nnnc1C(C)N. The molecule has 1 atom stereocenters. The third kappa shape index (κ3) is 2.20. The summed E-state index contributed by atoms with van der Waals surface area (Å²) in [6, 6.07) is 2.73. The third-order valence-electron chi connectivity index (χ3n) is 2.37. The Bertz CT molecular complexity index is 552. The molecule has 0 saturated heterocycles. The van der Waals surface area contributed by atoms with Gasteiger partial charge in [-0.25, -0.2) is 4.39 Å². The minimum Gasteiger partial charge on any atom is -0.321 e. The highest BCUT2D eigenvalue weighted by atomic mass is 79.9. The van der Waals surface area contributed by atoms with Gasteiger partial charge in [0.25, 0.3) is 0 Å². The van der Waals surface area contributed by atoms with Gasteiger partial charge in [-0.05, 0) is 51.8 Å². The van der Waals surface area contributed by atoms with Crippen LogP contribution in [0.5, 0.6) is 0 Å². The zero-order valence-corrected chi connectivity index (χ0v) is 10.9. The Labute approximate surface area is 106 Å². The van der Waals surface area contributed by atoms with Crippen molar-refractivity contribution in [3.63, 3.8) is 0 Å². The lowest BCUT2D eigenvalue weighted by Gasteiger charge is -2.10. The van der Waals surface area contributed by atoms with E-state index in [0.717, 1.165) is 5.56 Å². The first-order chi connectivity index (χ1) is 8.00. The highest BCUT2D eigenvalue weighted by Crippen LogP contribution is 2.23. The van der Waals surface area contributed by atoms with Crippen LogP contribution in [0.1, 0.15) is 24.4 Å². The molecule has 0 aliphatic heterocycles. The molecule has 2 rings (SSSR count). The molecule has 1 heterocycles. The van der Waals surface area contributed by atoms with E-state index >= 15 is 0 Å². The van der Waals surface area contributed by atoms with Gasteiger partial charge in [-0.2, -0.15) is 4.68 Å². The summed E-state index contributed by atoms with van der Waals surface area (Å²) in [6.07, 6.45) is 0. The predicted octanol–water partition coefficient (Wildman–Crippen LogP) is 1.89. The van der Waals surface area contributed by atoms with E-state index in [1.165, 1.54) is 10.7 Å². The summed E-state index contributed by atoms with van der Waals surface area (Å²) in [5.74, 6) is 0.131. The van der Waals surface area contributed by atoms with Gasteiger partial charge in [0, 0.05) is 6.07 Å². The molecule has 0 radical (unpaired) electrons. The first-order valence-electron chi connectivity index (χ1n) is 5.00. The minimum absolute atomic E-state index is 0.323. The monoisotopic (exact) mass is 299 g/mol. The molecular formula is C10H11BrFN5. The first-order valence-corrected chi connectivity index (χ1v) is 5.80. The van der Waals surface area contributed by atoms with Crippen molar-refractivity contribution >= 4 is 15.9 Å². The van der Waals surface area contributed by atoms with Crippen LogP contribution in [0, 0.1) is 12.7 Å². The molecule has 0 saturated carbocycles. The second-order valence-corrected chi connectivity index (χ2v) is 4.64. The Balaban J connectivity index is 2.60. The van der Waals surface area contributed by atoms with Gasteiger partial charge in [-0.15, -0.1) is 5.10 Å². The lowest BCUT2D eigenvalue weighted by Crippen LogP contribution is -2.14. The van der Waals surface area contributed by atoms with Gasteiger partial charge in [-0.3, -0.25) is 0 Å². The molecule has 0 aliphatic carbocycles. The summed E-state index contributed by atoms with van der Waals surface area (Å²) in [6.45, 7) is 3.62. The van der Waals surface area contributed by atoms with Gasteiger partial charge in [0.1, 0.15) is 5.82 Å². The fourth-order valence-electron chi connectivity index (χ4n) is 1.51. The molecule has 17 heavy (non-hydrogen) atoms. The number of hydrogen-bond acceptors (Lipinski definition) is 4. The van der Waals surface area contributed by atoms with Gasteiger partial charge in [-0.1, -0.05) is 0 Å². The highest BCUT2D eigenvalue weighted by Gasteiger charge is 2.15. The second kappa shape index (κ2) is 4.50. The number of rotatable bonds is 2. The van der Waals surface area contributed by atoms with E-state index in [9.17, 15) is 4.39 Å². The van der Waals surface area contributed by atoms with E-state index in [1.807, 2.05) is 6.92 Å². The Kier molecular flexibility index (Phi) is 3.21. The van der Waals surface area contributed by atoms with Crippen LogP contribution in [-0.2, 0) is 0 Å². The predicted molar refractivity (Wildman–Crippen MR) is 64.2 cm³/mol. The van der Waals surface area contributed by atoms with E-state index in [4.69, 9.17) is 5.73 Å². The molecule has 90 valence electrons. The maximum atomic E-state index is 13.5. The average molecular weight is 300 g/mol. The first kappa shape index (κ1) is 12.1. The number of aromatic nitrogens is 4. The van der Waals surface area contributed by atoms with Crippen molar-refractivity contribution in [2.24, 2.45) is 5.73 Å². The molecular weight excluding hydrogens is 289 g/mol. The number of nitrogens with zero attached hydrogens (tertiary/aromatic N) is 4. The topological polar surface area (TPSA) is 69.6 Å². The molecule has 2 aromatic rings. The molecule has 2 N–H and O–H groups in total. The van der Waals surface area contributed by atoms with E-state index < -0.39 is 0 Å². The normalized spacial score (nSPS) is 12.8. The summed E-state index contributed by atoms with van der Waals surface area (Å²) in [7, 11) is 0. The van der Waals surface area contributed by atoms with Crippen LogP contribution in [0.3, 0.4) is 0 Å². The molecule has 0 bridgehead atoms. The van der Waals surface area contributed by atoms with Gasteiger partial charge in [0.15, 0.2) is 5.82 Å². The smallest absolute Gasteiger partial charge is 0.173 e. The largest absolute Gasteiger partial charge is 0.321 e. The van der Waals surface area contributed by atoms with Crippen LogP contribution in [0.15, 0.2) is 16.6 Å².